The molecule has 1 atom stereocenters. The van der Waals surface area contributed by atoms with Crippen molar-refractivity contribution in [2.45, 2.75) is 39.2 Å². The zero-order chi connectivity index (χ0) is 22.2. The highest BCUT2D eigenvalue weighted by Gasteiger charge is 2.21. The maximum absolute atomic E-state index is 15.0. The number of nitrogens with one attached hydrogen (secondary N) is 1. The standard InChI is InChI=1S/C25H26FN5O/c1-3-4-16-9-15(2)24(20(26)10-16)21-11-19-22(13-27-21)29-30-25(19)17-5-6-23(28-12-17)31-8-7-18(32)14-31/h5-6,9-13,18,32H,3-4,7-8,14H2,1-2H3,(H,29,30). The number of nitrogens with zero attached hydrogens (tertiary/aromatic N) is 4. The summed E-state index contributed by atoms with van der Waals surface area (Å²) in [5.74, 6) is 0.599. The van der Waals surface area contributed by atoms with Crippen LogP contribution < -0.4 is 4.90 Å². The molecule has 1 aliphatic heterocycles. The normalized spacial score (nSPS) is 16.2. The van der Waals surface area contributed by atoms with Crippen molar-refractivity contribution in [1.29, 1.82) is 0 Å². The van der Waals surface area contributed by atoms with E-state index < -0.39 is 0 Å². The molecule has 5 rings (SSSR count). The van der Waals surface area contributed by atoms with Gasteiger partial charge in [0.1, 0.15) is 17.3 Å². The molecule has 164 valence electrons. The number of aliphatic hydroxyl groups is 1. The summed E-state index contributed by atoms with van der Waals surface area (Å²) in [5, 5.41) is 18.1. The zero-order valence-electron chi connectivity index (χ0n) is 18.3. The van der Waals surface area contributed by atoms with Crippen molar-refractivity contribution >= 4 is 16.7 Å². The lowest BCUT2D eigenvalue weighted by atomic mass is 9.98. The zero-order valence-corrected chi connectivity index (χ0v) is 18.3. The summed E-state index contributed by atoms with van der Waals surface area (Å²) in [4.78, 5) is 11.2. The number of pyridine rings is 2. The fraction of sp³-hybridized carbons (Fsp3) is 0.320. The first-order valence-electron chi connectivity index (χ1n) is 11.1. The topological polar surface area (TPSA) is 77.9 Å². The molecule has 0 amide bonds. The van der Waals surface area contributed by atoms with E-state index in [0.717, 1.165) is 64.9 Å². The van der Waals surface area contributed by atoms with Gasteiger partial charge in [-0.15, -0.1) is 0 Å². The Morgan fingerprint density at radius 2 is 2.06 bits per heavy atom. The highest BCUT2D eigenvalue weighted by molar-refractivity contribution is 5.94. The molecule has 32 heavy (non-hydrogen) atoms. The van der Waals surface area contributed by atoms with Crippen LogP contribution >= 0.6 is 0 Å². The second kappa shape index (κ2) is 8.31. The quantitative estimate of drug-likeness (QED) is 0.481. The molecule has 6 nitrogen and oxygen atoms in total. The predicted octanol–water partition coefficient (Wildman–Crippen LogP) is 4.66. The van der Waals surface area contributed by atoms with Gasteiger partial charge in [-0.3, -0.25) is 10.1 Å². The van der Waals surface area contributed by atoms with Crippen LogP contribution in [0, 0.1) is 12.7 Å². The molecular formula is C25H26FN5O. The van der Waals surface area contributed by atoms with Crippen molar-refractivity contribution in [3.05, 3.63) is 59.7 Å². The molecule has 0 saturated carbocycles. The van der Waals surface area contributed by atoms with Crippen LogP contribution in [-0.2, 0) is 6.42 Å². The number of benzene rings is 1. The van der Waals surface area contributed by atoms with E-state index in [1.807, 2.05) is 31.2 Å². The van der Waals surface area contributed by atoms with E-state index >= 15 is 0 Å². The number of aromatic amines is 1. The smallest absolute Gasteiger partial charge is 0.133 e. The first kappa shape index (κ1) is 20.6. The van der Waals surface area contributed by atoms with Crippen LogP contribution in [0.4, 0.5) is 10.2 Å². The van der Waals surface area contributed by atoms with Gasteiger partial charge in [0.05, 0.1) is 23.5 Å². The summed E-state index contributed by atoms with van der Waals surface area (Å²) >= 11 is 0. The van der Waals surface area contributed by atoms with Gasteiger partial charge in [-0.25, -0.2) is 9.37 Å². The Hall–Kier alpha value is -3.32. The molecule has 2 N–H and O–H groups in total. The van der Waals surface area contributed by atoms with Gasteiger partial charge in [0.25, 0.3) is 0 Å². The summed E-state index contributed by atoms with van der Waals surface area (Å²) in [7, 11) is 0. The van der Waals surface area contributed by atoms with Crippen LogP contribution in [0.15, 0.2) is 42.7 Å². The molecule has 1 unspecified atom stereocenters. The number of H-pyrrole nitrogens is 1. The van der Waals surface area contributed by atoms with E-state index in [9.17, 15) is 9.50 Å². The molecule has 7 heteroatoms. The van der Waals surface area contributed by atoms with Crippen LogP contribution in [0.25, 0.3) is 33.4 Å². The summed E-state index contributed by atoms with van der Waals surface area (Å²) in [6.45, 7) is 5.43. The van der Waals surface area contributed by atoms with Crippen molar-refractivity contribution in [1.82, 2.24) is 20.2 Å². The van der Waals surface area contributed by atoms with Crippen LogP contribution in [0.3, 0.4) is 0 Å². The molecule has 0 bridgehead atoms. The molecule has 1 aliphatic rings. The van der Waals surface area contributed by atoms with E-state index in [2.05, 4.69) is 32.0 Å². The highest BCUT2D eigenvalue weighted by Crippen LogP contribution is 2.32. The number of hydrogen-bond acceptors (Lipinski definition) is 5. The van der Waals surface area contributed by atoms with Crippen molar-refractivity contribution < 1.29 is 9.50 Å². The van der Waals surface area contributed by atoms with Gasteiger partial charge in [0.2, 0.25) is 0 Å². The number of aromatic nitrogens is 4. The number of β-amino-alcohol motifs (C(OH)–C–C–N with tert-alkyl or cyclic N) is 1. The van der Waals surface area contributed by atoms with Crippen LogP contribution in [0.2, 0.25) is 0 Å². The Bertz CT molecular complexity index is 1240. The third-order valence-corrected chi connectivity index (χ3v) is 6.10. The molecule has 1 saturated heterocycles. The SMILES string of the molecule is CCCc1cc(C)c(-c2cc3c(-c4ccc(N5CCC(O)C5)nc4)n[nH]c3cn2)c(F)c1. The molecule has 0 radical (unpaired) electrons. The largest absolute Gasteiger partial charge is 0.391 e. The summed E-state index contributed by atoms with van der Waals surface area (Å²) < 4.78 is 15.0. The average molecular weight is 432 g/mol. The highest BCUT2D eigenvalue weighted by atomic mass is 19.1. The van der Waals surface area contributed by atoms with E-state index in [1.165, 1.54) is 0 Å². The predicted molar refractivity (Wildman–Crippen MR) is 124 cm³/mol. The number of rotatable bonds is 5. The van der Waals surface area contributed by atoms with Crippen LogP contribution in [-0.4, -0.2) is 44.5 Å². The lowest BCUT2D eigenvalue weighted by Crippen LogP contribution is -2.21. The molecule has 4 aromatic rings. The van der Waals surface area contributed by atoms with Crippen molar-refractivity contribution in [2.24, 2.45) is 0 Å². The molecule has 3 aromatic heterocycles. The Morgan fingerprint density at radius 1 is 1.19 bits per heavy atom. The molecule has 1 aromatic carbocycles. The van der Waals surface area contributed by atoms with E-state index in [-0.39, 0.29) is 11.9 Å². The van der Waals surface area contributed by atoms with Crippen LogP contribution in [0.5, 0.6) is 0 Å². The Balaban J connectivity index is 1.51. The third kappa shape index (κ3) is 3.73. The lowest BCUT2D eigenvalue weighted by molar-refractivity contribution is 0.198. The van der Waals surface area contributed by atoms with Gasteiger partial charge < -0.3 is 10.0 Å². The van der Waals surface area contributed by atoms with Gasteiger partial charge in [0, 0.05) is 35.8 Å². The molecule has 1 fully saturated rings. The number of fused-ring (bicyclic) bond motifs is 1. The van der Waals surface area contributed by atoms with Gasteiger partial charge in [-0.05, 0) is 55.2 Å². The minimum absolute atomic E-state index is 0.246. The number of halogens is 1. The van der Waals surface area contributed by atoms with Crippen LogP contribution in [0.1, 0.15) is 30.9 Å². The molecule has 4 heterocycles. The van der Waals surface area contributed by atoms with E-state index in [1.54, 1.807) is 18.5 Å². The Kier molecular flexibility index (Phi) is 5.35. The third-order valence-electron chi connectivity index (χ3n) is 6.10. The minimum atomic E-state index is -0.294. The average Bonchev–Trinajstić information content (AvgIpc) is 3.40. The van der Waals surface area contributed by atoms with Crippen molar-refractivity contribution in [3.8, 4) is 22.5 Å². The Morgan fingerprint density at radius 3 is 2.75 bits per heavy atom. The number of aliphatic hydroxyl groups excluding tert-OH is 1. The maximum atomic E-state index is 15.0. The second-order valence-electron chi connectivity index (χ2n) is 8.50. The van der Waals surface area contributed by atoms with E-state index in [4.69, 9.17) is 0 Å². The van der Waals surface area contributed by atoms with Gasteiger partial charge in [-0.1, -0.05) is 19.4 Å². The monoisotopic (exact) mass is 431 g/mol. The molecular weight excluding hydrogens is 405 g/mol. The first-order chi connectivity index (χ1) is 15.5. The summed E-state index contributed by atoms with van der Waals surface area (Å²) in [6.07, 6.45) is 5.80. The number of aryl methyl sites for hydroxylation is 2. The van der Waals surface area contributed by atoms with Crippen molar-refractivity contribution in [3.63, 3.8) is 0 Å². The Labute approximate surface area is 186 Å². The summed E-state index contributed by atoms with van der Waals surface area (Å²) in [5.41, 5.74) is 5.42. The fourth-order valence-corrected chi connectivity index (χ4v) is 4.51. The van der Waals surface area contributed by atoms with E-state index in [0.29, 0.717) is 17.8 Å². The minimum Gasteiger partial charge on any atom is -0.391 e. The first-order valence-corrected chi connectivity index (χ1v) is 11.1. The summed E-state index contributed by atoms with van der Waals surface area (Å²) in [6, 6.07) is 9.48. The lowest BCUT2D eigenvalue weighted by Gasteiger charge is -2.16. The van der Waals surface area contributed by atoms with Gasteiger partial charge >= 0.3 is 0 Å². The number of hydrogen-bond donors (Lipinski definition) is 2. The maximum Gasteiger partial charge on any atom is 0.133 e. The van der Waals surface area contributed by atoms with Gasteiger partial charge in [0.15, 0.2) is 0 Å². The molecule has 0 aliphatic carbocycles. The fourth-order valence-electron chi connectivity index (χ4n) is 4.51. The molecule has 0 spiro atoms. The number of anilines is 1. The van der Waals surface area contributed by atoms with Gasteiger partial charge in [-0.2, -0.15) is 5.10 Å². The van der Waals surface area contributed by atoms with Crippen molar-refractivity contribution in [2.75, 3.05) is 18.0 Å². The second-order valence-corrected chi connectivity index (χ2v) is 8.50.